The first-order valence-corrected chi connectivity index (χ1v) is 9.41. The summed E-state index contributed by atoms with van der Waals surface area (Å²) in [5, 5.41) is 2.47. The normalized spacial score (nSPS) is 14.3. The third-order valence-corrected chi connectivity index (χ3v) is 5.04. The SMILES string of the molecule is CC(C)c1ccc(C(=O)NNC(=O)c2csc(N3CCOCC3)n2)cc1. The van der Waals surface area contributed by atoms with Crippen molar-refractivity contribution >= 4 is 28.3 Å². The van der Waals surface area contributed by atoms with Crippen LogP contribution >= 0.6 is 11.3 Å². The van der Waals surface area contributed by atoms with E-state index in [4.69, 9.17) is 4.74 Å². The average Bonchev–Trinajstić information content (AvgIpc) is 3.17. The van der Waals surface area contributed by atoms with E-state index in [-0.39, 0.29) is 11.6 Å². The number of anilines is 1. The van der Waals surface area contributed by atoms with Gasteiger partial charge in [-0.15, -0.1) is 11.3 Å². The van der Waals surface area contributed by atoms with Gasteiger partial charge in [0.2, 0.25) is 0 Å². The Labute approximate surface area is 156 Å². The van der Waals surface area contributed by atoms with Crippen molar-refractivity contribution in [3.63, 3.8) is 0 Å². The number of nitrogens with zero attached hydrogens (tertiary/aromatic N) is 2. The molecule has 0 radical (unpaired) electrons. The summed E-state index contributed by atoms with van der Waals surface area (Å²) >= 11 is 1.41. The van der Waals surface area contributed by atoms with Crippen LogP contribution in [0.3, 0.4) is 0 Å². The molecule has 2 N–H and O–H groups in total. The van der Waals surface area contributed by atoms with E-state index in [2.05, 4.69) is 34.6 Å². The maximum Gasteiger partial charge on any atom is 0.289 e. The van der Waals surface area contributed by atoms with Crippen molar-refractivity contribution in [1.82, 2.24) is 15.8 Å². The van der Waals surface area contributed by atoms with E-state index in [1.54, 1.807) is 17.5 Å². The van der Waals surface area contributed by atoms with Crippen LogP contribution in [-0.4, -0.2) is 43.1 Å². The molecule has 3 rings (SSSR count). The zero-order valence-corrected chi connectivity index (χ0v) is 15.6. The Morgan fingerprint density at radius 1 is 1.12 bits per heavy atom. The Hall–Kier alpha value is -2.45. The summed E-state index contributed by atoms with van der Waals surface area (Å²) in [6.07, 6.45) is 0. The highest BCUT2D eigenvalue weighted by Crippen LogP contribution is 2.21. The third kappa shape index (κ3) is 4.39. The predicted molar refractivity (Wildman–Crippen MR) is 101 cm³/mol. The Morgan fingerprint density at radius 3 is 2.42 bits per heavy atom. The summed E-state index contributed by atoms with van der Waals surface area (Å²) in [6.45, 7) is 7.03. The molecule has 0 aliphatic carbocycles. The third-order valence-electron chi connectivity index (χ3n) is 4.14. The molecule has 138 valence electrons. The molecule has 1 fully saturated rings. The molecule has 1 aliphatic rings. The molecule has 0 unspecified atom stereocenters. The average molecular weight is 374 g/mol. The van der Waals surface area contributed by atoms with Crippen molar-refractivity contribution in [2.75, 3.05) is 31.2 Å². The van der Waals surface area contributed by atoms with Crippen LogP contribution in [0.2, 0.25) is 0 Å². The van der Waals surface area contributed by atoms with E-state index < -0.39 is 5.91 Å². The van der Waals surface area contributed by atoms with Crippen molar-refractivity contribution in [2.45, 2.75) is 19.8 Å². The minimum atomic E-state index is -0.437. The van der Waals surface area contributed by atoms with Crippen LogP contribution in [0, 0.1) is 0 Å². The first-order chi connectivity index (χ1) is 12.5. The van der Waals surface area contributed by atoms with Crippen molar-refractivity contribution in [3.8, 4) is 0 Å². The van der Waals surface area contributed by atoms with Gasteiger partial charge < -0.3 is 9.64 Å². The standard InChI is InChI=1S/C18H22N4O3S/c1-12(2)13-3-5-14(6-4-13)16(23)20-21-17(24)15-11-26-18(19-15)22-7-9-25-10-8-22/h3-6,11-12H,7-10H2,1-2H3,(H,20,23)(H,21,24). The zero-order chi connectivity index (χ0) is 18.5. The molecule has 2 aromatic rings. The molecule has 0 spiro atoms. The fourth-order valence-corrected chi connectivity index (χ4v) is 3.40. The number of rotatable bonds is 4. The highest BCUT2D eigenvalue weighted by atomic mass is 32.1. The number of thiazole rings is 1. The lowest BCUT2D eigenvalue weighted by Gasteiger charge is -2.25. The fourth-order valence-electron chi connectivity index (χ4n) is 2.54. The fraction of sp³-hybridized carbons (Fsp3) is 0.389. The number of ether oxygens (including phenoxy) is 1. The Morgan fingerprint density at radius 2 is 1.77 bits per heavy atom. The second-order valence-electron chi connectivity index (χ2n) is 6.30. The van der Waals surface area contributed by atoms with Gasteiger partial charge >= 0.3 is 0 Å². The maximum atomic E-state index is 12.2. The lowest BCUT2D eigenvalue weighted by Crippen LogP contribution is -2.41. The summed E-state index contributed by atoms with van der Waals surface area (Å²) in [5.74, 6) is -0.401. The molecule has 8 heteroatoms. The van der Waals surface area contributed by atoms with Gasteiger partial charge in [-0.2, -0.15) is 0 Å². The highest BCUT2D eigenvalue weighted by molar-refractivity contribution is 7.13. The van der Waals surface area contributed by atoms with Crippen LogP contribution in [0.4, 0.5) is 5.13 Å². The number of benzene rings is 1. The largest absolute Gasteiger partial charge is 0.378 e. The van der Waals surface area contributed by atoms with Crippen LogP contribution in [0.25, 0.3) is 0 Å². The number of morpholine rings is 1. The molecule has 0 bridgehead atoms. The second kappa shape index (κ2) is 8.29. The van der Waals surface area contributed by atoms with Crippen molar-refractivity contribution in [1.29, 1.82) is 0 Å². The molecule has 7 nitrogen and oxygen atoms in total. The minimum absolute atomic E-state index is 0.284. The molecule has 0 atom stereocenters. The Balaban J connectivity index is 1.55. The molecule has 1 aromatic carbocycles. The minimum Gasteiger partial charge on any atom is -0.378 e. The van der Waals surface area contributed by atoms with Gasteiger partial charge in [0.15, 0.2) is 5.13 Å². The van der Waals surface area contributed by atoms with Gasteiger partial charge in [-0.1, -0.05) is 26.0 Å². The lowest BCUT2D eigenvalue weighted by molar-refractivity contribution is 0.0844. The lowest BCUT2D eigenvalue weighted by atomic mass is 10.0. The van der Waals surface area contributed by atoms with Crippen molar-refractivity contribution < 1.29 is 14.3 Å². The van der Waals surface area contributed by atoms with Gasteiger partial charge in [0.05, 0.1) is 13.2 Å². The maximum absolute atomic E-state index is 12.2. The quantitative estimate of drug-likeness (QED) is 0.802. The van der Waals surface area contributed by atoms with E-state index in [1.807, 2.05) is 12.1 Å². The van der Waals surface area contributed by atoms with Crippen LogP contribution in [0.5, 0.6) is 0 Å². The van der Waals surface area contributed by atoms with Gasteiger partial charge in [0.25, 0.3) is 11.8 Å². The smallest absolute Gasteiger partial charge is 0.289 e. The summed E-state index contributed by atoms with van der Waals surface area (Å²) in [6, 6.07) is 7.32. The molecule has 0 saturated carbocycles. The number of amides is 2. The van der Waals surface area contributed by atoms with Crippen molar-refractivity contribution in [2.24, 2.45) is 0 Å². The van der Waals surface area contributed by atoms with E-state index in [0.717, 1.165) is 23.8 Å². The number of hydrogen-bond donors (Lipinski definition) is 2. The highest BCUT2D eigenvalue weighted by Gasteiger charge is 2.18. The van der Waals surface area contributed by atoms with Gasteiger partial charge in [-0.25, -0.2) is 4.98 Å². The summed E-state index contributed by atoms with van der Waals surface area (Å²) < 4.78 is 5.31. The van der Waals surface area contributed by atoms with Gasteiger partial charge in [-0.3, -0.25) is 20.4 Å². The Kier molecular flexibility index (Phi) is 5.85. The van der Waals surface area contributed by atoms with E-state index >= 15 is 0 Å². The van der Waals surface area contributed by atoms with Gasteiger partial charge in [0, 0.05) is 24.0 Å². The Bertz CT molecular complexity index is 767. The number of carbonyl (C=O) groups excluding carboxylic acids is 2. The molecule has 26 heavy (non-hydrogen) atoms. The zero-order valence-electron chi connectivity index (χ0n) is 14.8. The number of aromatic nitrogens is 1. The molecule has 1 saturated heterocycles. The summed E-state index contributed by atoms with van der Waals surface area (Å²) in [4.78, 5) is 30.8. The molecular weight excluding hydrogens is 352 g/mol. The summed E-state index contributed by atoms with van der Waals surface area (Å²) in [5.41, 5.74) is 6.77. The first-order valence-electron chi connectivity index (χ1n) is 8.53. The van der Waals surface area contributed by atoms with E-state index in [9.17, 15) is 9.59 Å². The van der Waals surface area contributed by atoms with E-state index in [1.165, 1.54) is 11.3 Å². The second-order valence-corrected chi connectivity index (χ2v) is 7.14. The number of hydrogen-bond acceptors (Lipinski definition) is 6. The van der Waals surface area contributed by atoms with Crippen LogP contribution in [0.15, 0.2) is 29.6 Å². The van der Waals surface area contributed by atoms with Gasteiger partial charge in [-0.05, 0) is 23.6 Å². The number of nitrogens with one attached hydrogen (secondary N) is 2. The topological polar surface area (TPSA) is 83.6 Å². The molecule has 1 aliphatic heterocycles. The van der Waals surface area contributed by atoms with Gasteiger partial charge in [0.1, 0.15) is 5.69 Å². The monoisotopic (exact) mass is 374 g/mol. The molecular formula is C18H22N4O3S. The van der Waals surface area contributed by atoms with Crippen LogP contribution in [0.1, 0.15) is 46.2 Å². The van der Waals surface area contributed by atoms with Crippen molar-refractivity contribution in [3.05, 3.63) is 46.5 Å². The number of carbonyl (C=O) groups is 2. The molecule has 2 amide bonds. The number of hydrazine groups is 1. The molecule has 2 heterocycles. The van der Waals surface area contributed by atoms with E-state index in [0.29, 0.717) is 24.7 Å². The first kappa shape index (κ1) is 18.3. The van der Waals surface area contributed by atoms with Crippen LogP contribution < -0.4 is 15.8 Å². The molecule has 1 aromatic heterocycles. The predicted octanol–water partition coefficient (Wildman–Crippen LogP) is 2.18. The summed E-state index contributed by atoms with van der Waals surface area (Å²) in [7, 11) is 0. The van der Waals surface area contributed by atoms with Crippen LogP contribution in [-0.2, 0) is 4.74 Å².